The number of nitrogens with two attached hydrogens (primary N) is 1. The fourth-order valence-corrected chi connectivity index (χ4v) is 1.68. The highest BCUT2D eigenvalue weighted by molar-refractivity contribution is 5.43. The van der Waals surface area contributed by atoms with Crippen LogP contribution in [0.2, 0.25) is 0 Å². The van der Waals surface area contributed by atoms with Gasteiger partial charge in [0.15, 0.2) is 0 Å². The summed E-state index contributed by atoms with van der Waals surface area (Å²) in [5.41, 5.74) is 7.99. The van der Waals surface area contributed by atoms with Gasteiger partial charge in [0.2, 0.25) is 0 Å². The molecule has 4 heteroatoms. The molecule has 0 aliphatic rings. The van der Waals surface area contributed by atoms with E-state index < -0.39 is 0 Å². The van der Waals surface area contributed by atoms with Crippen molar-refractivity contribution in [2.24, 2.45) is 5.73 Å². The molecule has 3 nitrogen and oxygen atoms in total. The summed E-state index contributed by atoms with van der Waals surface area (Å²) in [6.07, 6.45) is 3.47. The van der Waals surface area contributed by atoms with Crippen LogP contribution in [0.25, 0.3) is 5.69 Å². The Bertz CT molecular complexity index is 503. The summed E-state index contributed by atoms with van der Waals surface area (Å²) in [5, 5.41) is 4.11. The van der Waals surface area contributed by atoms with Crippen molar-refractivity contribution in [2.45, 2.75) is 19.9 Å². The molecule has 0 saturated heterocycles. The van der Waals surface area contributed by atoms with Crippen molar-refractivity contribution in [3.8, 4) is 5.69 Å². The second-order valence-electron chi connectivity index (χ2n) is 3.93. The molecule has 1 aromatic heterocycles. The van der Waals surface area contributed by atoms with Crippen molar-refractivity contribution in [2.75, 3.05) is 0 Å². The van der Waals surface area contributed by atoms with Crippen LogP contribution in [0, 0.1) is 12.7 Å². The fourth-order valence-electron chi connectivity index (χ4n) is 1.68. The monoisotopic (exact) mass is 219 g/mol. The zero-order valence-corrected chi connectivity index (χ0v) is 9.31. The molecule has 0 amide bonds. The lowest BCUT2D eigenvalue weighted by Gasteiger charge is -2.13. The van der Waals surface area contributed by atoms with Gasteiger partial charge in [-0.25, -0.2) is 9.07 Å². The molecule has 16 heavy (non-hydrogen) atoms. The van der Waals surface area contributed by atoms with E-state index in [0.29, 0.717) is 5.69 Å². The highest BCUT2D eigenvalue weighted by Crippen LogP contribution is 2.22. The minimum atomic E-state index is -0.307. The third-order valence-electron chi connectivity index (χ3n) is 2.45. The Morgan fingerprint density at radius 2 is 2.19 bits per heavy atom. The lowest BCUT2D eigenvalue weighted by atomic mass is 10.1. The molecule has 0 aliphatic heterocycles. The molecular formula is C12H14FN3. The molecule has 0 aliphatic carbocycles. The molecule has 0 radical (unpaired) electrons. The van der Waals surface area contributed by atoms with E-state index in [0.717, 1.165) is 11.1 Å². The van der Waals surface area contributed by atoms with Crippen LogP contribution in [0.3, 0.4) is 0 Å². The SMILES string of the molecule is Cc1cnn(-c2c(F)cccc2C(C)N)c1. The van der Waals surface area contributed by atoms with Crippen LogP contribution in [-0.2, 0) is 0 Å². The minimum Gasteiger partial charge on any atom is -0.324 e. The van der Waals surface area contributed by atoms with Crippen LogP contribution >= 0.6 is 0 Å². The topological polar surface area (TPSA) is 43.8 Å². The summed E-state index contributed by atoms with van der Waals surface area (Å²) in [5.74, 6) is -0.307. The van der Waals surface area contributed by atoms with Gasteiger partial charge in [-0.3, -0.25) is 0 Å². The van der Waals surface area contributed by atoms with Crippen molar-refractivity contribution in [3.63, 3.8) is 0 Å². The van der Waals surface area contributed by atoms with Crippen LogP contribution < -0.4 is 5.73 Å². The summed E-state index contributed by atoms with van der Waals surface area (Å²) >= 11 is 0. The van der Waals surface area contributed by atoms with Crippen LogP contribution in [0.5, 0.6) is 0 Å². The van der Waals surface area contributed by atoms with E-state index in [9.17, 15) is 4.39 Å². The number of benzene rings is 1. The molecule has 84 valence electrons. The van der Waals surface area contributed by atoms with E-state index in [1.54, 1.807) is 18.5 Å². The molecule has 1 heterocycles. The first-order valence-electron chi connectivity index (χ1n) is 5.15. The number of rotatable bonds is 2. The molecule has 0 spiro atoms. The number of aromatic nitrogens is 2. The zero-order valence-electron chi connectivity index (χ0n) is 9.31. The van der Waals surface area contributed by atoms with E-state index in [4.69, 9.17) is 5.73 Å². The molecule has 1 atom stereocenters. The van der Waals surface area contributed by atoms with Gasteiger partial charge < -0.3 is 5.73 Å². The summed E-state index contributed by atoms with van der Waals surface area (Å²) in [7, 11) is 0. The first-order valence-corrected chi connectivity index (χ1v) is 5.15. The standard InChI is InChI=1S/C12H14FN3/c1-8-6-15-16(7-8)12-10(9(2)14)4-3-5-11(12)13/h3-7,9H,14H2,1-2H3. The maximum atomic E-state index is 13.8. The Balaban J connectivity index is 2.62. The van der Waals surface area contributed by atoms with Crippen molar-refractivity contribution in [1.82, 2.24) is 9.78 Å². The number of nitrogens with zero attached hydrogens (tertiary/aromatic N) is 2. The molecule has 0 bridgehead atoms. The van der Waals surface area contributed by atoms with Crippen molar-refractivity contribution in [3.05, 3.63) is 47.5 Å². The number of hydrogen-bond donors (Lipinski definition) is 1. The first-order chi connectivity index (χ1) is 7.59. The van der Waals surface area contributed by atoms with E-state index in [-0.39, 0.29) is 11.9 Å². The van der Waals surface area contributed by atoms with E-state index in [1.165, 1.54) is 10.7 Å². The highest BCUT2D eigenvalue weighted by atomic mass is 19.1. The third-order valence-corrected chi connectivity index (χ3v) is 2.45. The van der Waals surface area contributed by atoms with Crippen molar-refractivity contribution in [1.29, 1.82) is 0 Å². The Hall–Kier alpha value is -1.68. The summed E-state index contributed by atoms with van der Waals surface area (Å²) < 4.78 is 15.3. The van der Waals surface area contributed by atoms with Crippen LogP contribution in [0.15, 0.2) is 30.6 Å². The molecule has 1 aromatic carbocycles. The van der Waals surface area contributed by atoms with Crippen LogP contribution in [0.4, 0.5) is 4.39 Å². The van der Waals surface area contributed by atoms with Crippen molar-refractivity contribution >= 4 is 0 Å². The Morgan fingerprint density at radius 3 is 2.75 bits per heavy atom. The van der Waals surface area contributed by atoms with E-state index in [2.05, 4.69) is 5.10 Å². The van der Waals surface area contributed by atoms with Gasteiger partial charge in [-0.2, -0.15) is 5.10 Å². The van der Waals surface area contributed by atoms with Crippen LogP contribution in [0.1, 0.15) is 24.1 Å². The molecule has 2 aromatic rings. The van der Waals surface area contributed by atoms with E-state index in [1.807, 2.05) is 19.9 Å². The number of aryl methyl sites for hydroxylation is 1. The summed E-state index contributed by atoms with van der Waals surface area (Å²) in [6.45, 7) is 3.74. The lowest BCUT2D eigenvalue weighted by Crippen LogP contribution is -2.11. The summed E-state index contributed by atoms with van der Waals surface area (Å²) in [6, 6.07) is 4.67. The second kappa shape index (κ2) is 4.06. The van der Waals surface area contributed by atoms with E-state index >= 15 is 0 Å². The van der Waals surface area contributed by atoms with Crippen LogP contribution in [-0.4, -0.2) is 9.78 Å². The molecule has 2 N–H and O–H groups in total. The predicted octanol–water partition coefficient (Wildman–Crippen LogP) is 2.34. The van der Waals surface area contributed by atoms with Gasteiger partial charge in [-0.15, -0.1) is 0 Å². The number of hydrogen-bond acceptors (Lipinski definition) is 2. The number of halogens is 1. The lowest BCUT2D eigenvalue weighted by molar-refractivity contribution is 0.603. The van der Waals surface area contributed by atoms with Gasteiger partial charge in [-0.1, -0.05) is 12.1 Å². The normalized spacial score (nSPS) is 12.8. The Morgan fingerprint density at radius 1 is 1.44 bits per heavy atom. The number of para-hydroxylation sites is 1. The highest BCUT2D eigenvalue weighted by Gasteiger charge is 2.13. The van der Waals surface area contributed by atoms with Gasteiger partial charge in [-0.05, 0) is 31.0 Å². The summed E-state index contributed by atoms with van der Waals surface area (Å²) in [4.78, 5) is 0. The van der Waals surface area contributed by atoms with Gasteiger partial charge in [0.25, 0.3) is 0 Å². The zero-order chi connectivity index (χ0) is 11.7. The molecule has 1 unspecified atom stereocenters. The second-order valence-corrected chi connectivity index (χ2v) is 3.93. The van der Waals surface area contributed by atoms with Gasteiger partial charge in [0, 0.05) is 12.2 Å². The minimum absolute atomic E-state index is 0.227. The van der Waals surface area contributed by atoms with Gasteiger partial charge in [0.1, 0.15) is 11.5 Å². The molecular weight excluding hydrogens is 205 g/mol. The average Bonchev–Trinajstić information content (AvgIpc) is 2.64. The smallest absolute Gasteiger partial charge is 0.149 e. The quantitative estimate of drug-likeness (QED) is 0.842. The molecule has 0 saturated carbocycles. The largest absolute Gasteiger partial charge is 0.324 e. The maximum absolute atomic E-state index is 13.8. The van der Waals surface area contributed by atoms with Gasteiger partial charge >= 0.3 is 0 Å². The average molecular weight is 219 g/mol. The predicted molar refractivity (Wildman–Crippen MR) is 60.9 cm³/mol. The molecule has 2 rings (SSSR count). The fraction of sp³-hybridized carbons (Fsp3) is 0.250. The molecule has 0 fully saturated rings. The Kier molecular flexibility index (Phi) is 2.75. The Labute approximate surface area is 93.7 Å². The maximum Gasteiger partial charge on any atom is 0.149 e. The first kappa shape index (κ1) is 10.8. The van der Waals surface area contributed by atoms with Gasteiger partial charge in [0.05, 0.1) is 6.20 Å². The third kappa shape index (κ3) is 1.84. The van der Waals surface area contributed by atoms with Crippen molar-refractivity contribution < 1.29 is 4.39 Å².